The van der Waals surface area contributed by atoms with Crippen LogP contribution in [0.15, 0.2) is 48.2 Å². The zero-order chi connectivity index (χ0) is 24.2. The molecule has 189 valence electrons. The second-order valence-corrected chi connectivity index (χ2v) is 11.8. The molecule has 34 heavy (non-hydrogen) atoms. The minimum absolute atomic E-state index is 0. The fraction of sp³-hybridized carbons (Fsp3) is 0.567. The molecule has 0 amide bonds. The maximum atomic E-state index is 11.5. The van der Waals surface area contributed by atoms with Crippen LogP contribution in [0.2, 0.25) is 0 Å². The summed E-state index contributed by atoms with van der Waals surface area (Å²) in [7, 11) is 0. The number of piperidine rings is 1. The number of benzene rings is 2. The second-order valence-electron chi connectivity index (χ2n) is 11.8. The van der Waals surface area contributed by atoms with E-state index in [4.69, 9.17) is 5.32 Å². The van der Waals surface area contributed by atoms with Crippen LogP contribution in [0.4, 0.5) is 0 Å². The first-order valence-corrected chi connectivity index (χ1v) is 12.5. The van der Waals surface area contributed by atoms with E-state index >= 15 is 0 Å². The fourth-order valence-electron chi connectivity index (χ4n) is 4.53. The van der Waals surface area contributed by atoms with Crippen LogP contribution >= 0.6 is 0 Å². The molecule has 1 radical (unpaired) electrons. The van der Waals surface area contributed by atoms with Crippen molar-refractivity contribution in [2.75, 3.05) is 0 Å². The van der Waals surface area contributed by atoms with Gasteiger partial charge in [-0.25, -0.2) is 0 Å². The van der Waals surface area contributed by atoms with E-state index < -0.39 is 5.41 Å². The Kier molecular flexibility index (Phi) is 10.1. The third-order valence-corrected chi connectivity index (χ3v) is 6.89. The van der Waals surface area contributed by atoms with Crippen LogP contribution in [0.1, 0.15) is 91.7 Å². The Balaban J connectivity index is 0.000000258. The van der Waals surface area contributed by atoms with Gasteiger partial charge in [-0.2, -0.15) is 23.8 Å². The zero-order valence-corrected chi connectivity index (χ0v) is 24.0. The molecule has 0 spiro atoms. The average Bonchev–Trinajstić information content (AvgIpc) is 2.77. The van der Waals surface area contributed by atoms with Gasteiger partial charge in [0.15, 0.2) is 5.78 Å². The molecule has 2 aromatic rings. The van der Waals surface area contributed by atoms with Gasteiger partial charge in [-0.05, 0) is 0 Å². The van der Waals surface area contributed by atoms with Crippen molar-refractivity contribution in [2.45, 2.75) is 92.2 Å². The maximum absolute atomic E-state index is 11.5. The predicted molar refractivity (Wildman–Crippen MR) is 138 cm³/mol. The summed E-state index contributed by atoms with van der Waals surface area (Å²) < 4.78 is 0. The number of hydrogen-bond donors (Lipinski definition) is 1. The molecule has 1 saturated carbocycles. The smallest absolute Gasteiger partial charge is 0.164 e. The van der Waals surface area contributed by atoms with Crippen LogP contribution in [0, 0.1) is 22.8 Å². The van der Waals surface area contributed by atoms with Gasteiger partial charge in [0, 0.05) is 37.0 Å². The third-order valence-electron chi connectivity index (χ3n) is 6.89. The number of ketones is 1. The number of allylic oxidation sites excluding steroid dienone is 2. The molecule has 1 aliphatic heterocycles. The molecule has 3 nitrogen and oxygen atoms in total. The van der Waals surface area contributed by atoms with Gasteiger partial charge in [-0.1, -0.05) is 104 Å². The monoisotopic (exact) mass is 640 g/mol. The van der Waals surface area contributed by atoms with Gasteiger partial charge in [-0.3, -0.25) is 4.79 Å². The molecule has 1 saturated heterocycles. The van der Waals surface area contributed by atoms with Gasteiger partial charge in [0.05, 0.1) is 0 Å². The Labute approximate surface area is 220 Å². The van der Waals surface area contributed by atoms with Gasteiger partial charge in [0.1, 0.15) is 5.76 Å². The summed E-state index contributed by atoms with van der Waals surface area (Å²) in [4.78, 5) is 11.5. The Morgan fingerprint density at radius 1 is 0.971 bits per heavy atom. The molecule has 4 heteroatoms. The van der Waals surface area contributed by atoms with Gasteiger partial charge in [-0.15, -0.1) is 28.9 Å². The van der Waals surface area contributed by atoms with Crippen molar-refractivity contribution >= 4 is 16.6 Å². The molecule has 4 rings (SSSR count). The van der Waals surface area contributed by atoms with Crippen LogP contribution in [0.25, 0.3) is 16.1 Å². The number of carbonyl (C=O) groups excluding carboxylic acids is 1. The van der Waals surface area contributed by atoms with Crippen molar-refractivity contribution in [3.05, 3.63) is 65.2 Å². The normalized spacial score (nSPS) is 23.2. The summed E-state index contributed by atoms with van der Waals surface area (Å²) in [6.45, 7) is 11.1. The summed E-state index contributed by atoms with van der Waals surface area (Å²) in [5.74, 6) is 0.979. The van der Waals surface area contributed by atoms with Crippen molar-refractivity contribution < 1.29 is 30.0 Å². The van der Waals surface area contributed by atoms with Crippen molar-refractivity contribution in [1.29, 1.82) is 0 Å². The fourth-order valence-corrected chi connectivity index (χ4v) is 4.53. The van der Waals surface area contributed by atoms with E-state index in [1.165, 1.54) is 60.9 Å². The minimum Gasteiger partial charge on any atom is -0.654 e. The summed E-state index contributed by atoms with van der Waals surface area (Å²) in [6.07, 6.45) is 9.43. The Hall–Kier alpha value is -1.48. The maximum Gasteiger partial charge on any atom is 0.164 e. The van der Waals surface area contributed by atoms with Crippen LogP contribution < -0.4 is 0 Å². The molecule has 2 fully saturated rings. The summed E-state index contributed by atoms with van der Waals surface area (Å²) in [5, 5.41) is 17.3. The first-order chi connectivity index (χ1) is 15.4. The van der Waals surface area contributed by atoms with Crippen LogP contribution in [-0.4, -0.2) is 16.9 Å². The van der Waals surface area contributed by atoms with E-state index in [9.17, 15) is 9.90 Å². The molecule has 3 unspecified atom stereocenters. The van der Waals surface area contributed by atoms with Crippen LogP contribution in [0.5, 0.6) is 0 Å². The Bertz CT molecular complexity index is 983. The summed E-state index contributed by atoms with van der Waals surface area (Å²) >= 11 is 0. The van der Waals surface area contributed by atoms with Gasteiger partial charge >= 0.3 is 0 Å². The van der Waals surface area contributed by atoms with Crippen molar-refractivity contribution in [1.82, 2.24) is 0 Å². The van der Waals surface area contributed by atoms with E-state index in [0.717, 1.165) is 5.92 Å². The quantitative estimate of drug-likeness (QED) is 0.204. The SMILES string of the molecule is CC(C)(C)C(=O)/C=C(\O)C(C)(C)C.[Ir].[c-]1cc2ccccc2cc1C1CCC2CCCCC2[N-]1. The largest absolute Gasteiger partial charge is 0.654 e. The average molecular weight is 640 g/mol. The number of carbonyl (C=O) groups is 1. The van der Waals surface area contributed by atoms with Crippen LogP contribution in [-0.2, 0) is 24.9 Å². The van der Waals surface area contributed by atoms with Gasteiger partial charge < -0.3 is 10.4 Å². The Morgan fingerprint density at radius 2 is 1.62 bits per heavy atom. The van der Waals surface area contributed by atoms with E-state index in [1.807, 2.05) is 41.5 Å². The number of rotatable bonds is 2. The zero-order valence-electron chi connectivity index (χ0n) is 21.7. The molecule has 1 aliphatic carbocycles. The predicted octanol–water partition coefficient (Wildman–Crippen LogP) is 8.49. The molecular weight excluding hydrogens is 599 g/mol. The molecule has 3 atom stereocenters. The van der Waals surface area contributed by atoms with E-state index in [2.05, 4.69) is 42.5 Å². The Morgan fingerprint density at radius 3 is 2.26 bits per heavy atom. The third kappa shape index (κ3) is 7.77. The molecule has 2 aromatic carbocycles. The van der Waals surface area contributed by atoms with Gasteiger partial charge in [0.25, 0.3) is 0 Å². The van der Waals surface area contributed by atoms with Crippen molar-refractivity contribution in [2.24, 2.45) is 16.7 Å². The molecule has 2 aliphatic rings. The van der Waals surface area contributed by atoms with Gasteiger partial charge in [0.2, 0.25) is 0 Å². The number of nitrogens with zero attached hydrogens (tertiary/aromatic N) is 1. The topological polar surface area (TPSA) is 51.4 Å². The molecule has 1 heterocycles. The molecule has 0 aromatic heterocycles. The number of fused-ring (bicyclic) bond motifs is 2. The first kappa shape index (κ1) is 28.8. The minimum atomic E-state index is -0.417. The van der Waals surface area contributed by atoms with Crippen LogP contribution in [0.3, 0.4) is 0 Å². The number of aliphatic hydroxyl groups excluding tert-OH is 1. The van der Waals surface area contributed by atoms with E-state index in [0.29, 0.717) is 12.1 Å². The summed E-state index contributed by atoms with van der Waals surface area (Å²) in [6, 6.07) is 17.5. The van der Waals surface area contributed by atoms with E-state index in [-0.39, 0.29) is 37.1 Å². The van der Waals surface area contributed by atoms with E-state index in [1.54, 1.807) is 0 Å². The van der Waals surface area contributed by atoms with Crippen molar-refractivity contribution in [3.8, 4) is 0 Å². The second kappa shape index (κ2) is 12.0. The number of hydrogen-bond acceptors (Lipinski definition) is 2. The first-order valence-electron chi connectivity index (χ1n) is 12.5. The standard InChI is InChI=1S/C19H21N.C11H20O2.Ir/c1-2-7-16-13-17(10-9-14(16)5-1)19-12-11-15-6-3-4-8-18(15)20-19;1-10(2,3)8(12)7-9(13)11(4,5)6;/h1-2,5,7,9,13,15,18-19H,3-4,6,8,11-12H2;7,12H,1-6H3;/q-2;;/b;8-7-;. The molecule has 1 N–H and O–H groups in total. The summed E-state index contributed by atoms with van der Waals surface area (Å²) in [5.41, 5.74) is 0.535. The molecular formula is C30H41IrNO2-2. The van der Waals surface area contributed by atoms with Crippen molar-refractivity contribution in [3.63, 3.8) is 0 Å². The molecule has 0 bridgehead atoms. The number of aliphatic hydroxyl groups is 1.